The van der Waals surface area contributed by atoms with Crippen molar-refractivity contribution in [1.29, 1.82) is 0 Å². The third-order valence-corrected chi connectivity index (χ3v) is 2.10. The normalized spacial score (nSPS) is 10.1. The average molecular weight is 224 g/mol. The van der Waals surface area contributed by atoms with E-state index in [0.717, 1.165) is 25.3 Å². The van der Waals surface area contributed by atoms with E-state index in [-0.39, 0.29) is 0 Å². The van der Waals surface area contributed by atoms with Gasteiger partial charge in [-0.15, -0.1) is 0 Å². The predicted octanol–water partition coefficient (Wildman–Crippen LogP) is 2.32. The molecule has 1 heterocycles. The Morgan fingerprint density at radius 2 is 2.12 bits per heavy atom. The molecule has 0 radical (unpaired) electrons. The van der Waals surface area contributed by atoms with Crippen LogP contribution >= 0.6 is 0 Å². The molecule has 0 unspecified atom stereocenters. The molecule has 0 aliphatic carbocycles. The summed E-state index contributed by atoms with van der Waals surface area (Å²) in [5, 5.41) is 2.96. The molecule has 1 aromatic rings. The fourth-order valence-corrected chi connectivity index (χ4v) is 1.19. The molecular formula is C12H20N2O2. The van der Waals surface area contributed by atoms with Crippen molar-refractivity contribution in [2.24, 2.45) is 0 Å². The number of rotatable bonds is 8. The SMILES string of the molecule is CCCCOCCOc1cccc(NC)n1. The molecule has 1 aromatic heterocycles. The van der Waals surface area contributed by atoms with Gasteiger partial charge in [0.1, 0.15) is 12.4 Å². The van der Waals surface area contributed by atoms with Crippen LogP contribution in [-0.4, -0.2) is 31.9 Å². The summed E-state index contributed by atoms with van der Waals surface area (Å²) in [6.45, 7) is 4.12. The molecule has 1 rings (SSSR count). The standard InChI is InChI=1S/C12H20N2O2/c1-3-4-8-15-9-10-16-12-7-5-6-11(13-2)14-12/h5-7H,3-4,8-10H2,1-2H3,(H,13,14). The molecule has 0 aliphatic heterocycles. The zero-order chi connectivity index (χ0) is 11.6. The second-order valence-electron chi connectivity index (χ2n) is 3.43. The summed E-state index contributed by atoms with van der Waals surface area (Å²) in [5.41, 5.74) is 0. The maximum Gasteiger partial charge on any atom is 0.215 e. The summed E-state index contributed by atoms with van der Waals surface area (Å²) in [6.07, 6.45) is 2.26. The highest BCUT2D eigenvalue weighted by molar-refractivity contribution is 5.35. The number of ether oxygens (including phenoxy) is 2. The van der Waals surface area contributed by atoms with Crippen molar-refractivity contribution < 1.29 is 9.47 Å². The van der Waals surface area contributed by atoms with E-state index in [1.165, 1.54) is 0 Å². The lowest BCUT2D eigenvalue weighted by Gasteiger charge is -2.07. The van der Waals surface area contributed by atoms with Crippen molar-refractivity contribution in [2.45, 2.75) is 19.8 Å². The molecule has 1 N–H and O–H groups in total. The van der Waals surface area contributed by atoms with Crippen molar-refractivity contribution in [3.05, 3.63) is 18.2 Å². The number of hydrogen-bond donors (Lipinski definition) is 1. The van der Waals surface area contributed by atoms with Crippen LogP contribution in [0.2, 0.25) is 0 Å². The molecule has 0 atom stereocenters. The zero-order valence-corrected chi connectivity index (χ0v) is 10.0. The Hall–Kier alpha value is -1.29. The largest absolute Gasteiger partial charge is 0.475 e. The molecule has 0 aliphatic rings. The number of pyridine rings is 1. The van der Waals surface area contributed by atoms with Crippen LogP contribution in [0.4, 0.5) is 5.82 Å². The van der Waals surface area contributed by atoms with Crippen molar-refractivity contribution in [2.75, 3.05) is 32.2 Å². The van der Waals surface area contributed by atoms with Gasteiger partial charge < -0.3 is 14.8 Å². The quantitative estimate of drug-likeness (QED) is 0.688. The molecule has 0 saturated heterocycles. The van der Waals surface area contributed by atoms with Gasteiger partial charge in [0.25, 0.3) is 0 Å². The van der Waals surface area contributed by atoms with Crippen molar-refractivity contribution >= 4 is 5.82 Å². The van der Waals surface area contributed by atoms with Crippen molar-refractivity contribution in [1.82, 2.24) is 4.98 Å². The summed E-state index contributed by atoms with van der Waals surface area (Å²) in [5.74, 6) is 1.44. The number of nitrogens with zero attached hydrogens (tertiary/aromatic N) is 1. The van der Waals surface area contributed by atoms with Gasteiger partial charge in [-0.25, -0.2) is 0 Å². The molecule has 4 heteroatoms. The Kier molecular flexibility index (Phi) is 6.33. The van der Waals surface area contributed by atoms with Gasteiger partial charge >= 0.3 is 0 Å². The Labute approximate surface area is 97.0 Å². The van der Waals surface area contributed by atoms with Crippen LogP contribution in [0.15, 0.2) is 18.2 Å². The van der Waals surface area contributed by atoms with Gasteiger partial charge in [0.2, 0.25) is 5.88 Å². The Morgan fingerprint density at radius 1 is 1.25 bits per heavy atom. The monoisotopic (exact) mass is 224 g/mol. The maximum absolute atomic E-state index is 5.45. The van der Waals surface area contributed by atoms with Crippen LogP contribution < -0.4 is 10.1 Å². The predicted molar refractivity (Wildman–Crippen MR) is 65.0 cm³/mol. The first-order chi connectivity index (χ1) is 7.86. The van der Waals surface area contributed by atoms with Gasteiger partial charge in [0.15, 0.2) is 0 Å². The first-order valence-electron chi connectivity index (χ1n) is 5.72. The third kappa shape index (κ3) is 4.98. The minimum Gasteiger partial charge on any atom is -0.475 e. The lowest BCUT2D eigenvalue weighted by atomic mass is 10.4. The summed E-state index contributed by atoms with van der Waals surface area (Å²) >= 11 is 0. The minimum absolute atomic E-state index is 0.546. The van der Waals surface area contributed by atoms with Crippen LogP contribution in [0.3, 0.4) is 0 Å². The van der Waals surface area contributed by atoms with E-state index in [1.807, 2.05) is 25.2 Å². The first kappa shape index (κ1) is 12.8. The molecule has 0 amide bonds. The van der Waals surface area contributed by atoms with E-state index in [4.69, 9.17) is 9.47 Å². The van der Waals surface area contributed by atoms with E-state index >= 15 is 0 Å². The number of aromatic nitrogens is 1. The van der Waals surface area contributed by atoms with Crippen LogP contribution in [-0.2, 0) is 4.74 Å². The molecule has 0 bridgehead atoms. The minimum atomic E-state index is 0.546. The summed E-state index contributed by atoms with van der Waals surface area (Å²) < 4.78 is 10.8. The number of anilines is 1. The summed E-state index contributed by atoms with van der Waals surface area (Å²) in [4.78, 5) is 4.24. The number of hydrogen-bond acceptors (Lipinski definition) is 4. The van der Waals surface area contributed by atoms with Gasteiger partial charge in [0, 0.05) is 19.7 Å². The van der Waals surface area contributed by atoms with Gasteiger partial charge in [-0.2, -0.15) is 4.98 Å². The highest BCUT2D eigenvalue weighted by Crippen LogP contribution is 2.10. The van der Waals surface area contributed by atoms with Crippen LogP contribution in [0.5, 0.6) is 5.88 Å². The third-order valence-electron chi connectivity index (χ3n) is 2.10. The molecule has 0 aromatic carbocycles. The Morgan fingerprint density at radius 3 is 2.88 bits per heavy atom. The van der Waals surface area contributed by atoms with Crippen LogP contribution in [0.1, 0.15) is 19.8 Å². The van der Waals surface area contributed by atoms with Gasteiger partial charge in [-0.1, -0.05) is 19.4 Å². The van der Waals surface area contributed by atoms with Gasteiger partial charge in [-0.3, -0.25) is 0 Å². The highest BCUT2D eigenvalue weighted by Gasteiger charge is 1.96. The van der Waals surface area contributed by atoms with Crippen molar-refractivity contribution in [3.8, 4) is 5.88 Å². The fourth-order valence-electron chi connectivity index (χ4n) is 1.19. The van der Waals surface area contributed by atoms with Gasteiger partial charge in [-0.05, 0) is 12.5 Å². The zero-order valence-electron chi connectivity index (χ0n) is 10.0. The highest BCUT2D eigenvalue weighted by atomic mass is 16.5. The molecular weight excluding hydrogens is 204 g/mol. The second kappa shape index (κ2) is 7.93. The first-order valence-corrected chi connectivity index (χ1v) is 5.72. The lowest BCUT2D eigenvalue weighted by Crippen LogP contribution is -2.08. The number of unbranched alkanes of at least 4 members (excludes halogenated alkanes) is 1. The van der Waals surface area contributed by atoms with Crippen LogP contribution in [0.25, 0.3) is 0 Å². The molecule has 16 heavy (non-hydrogen) atoms. The fraction of sp³-hybridized carbons (Fsp3) is 0.583. The lowest BCUT2D eigenvalue weighted by molar-refractivity contribution is 0.0966. The maximum atomic E-state index is 5.45. The molecule has 4 nitrogen and oxygen atoms in total. The van der Waals surface area contributed by atoms with Crippen molar-refractivity contribution in [3.63, 3.8) is 0 Å². The Balaban J connectivity index is 2.16. The van der Waals surface area contributed by atoms with E-state index in [2.05, 4.69) is 17.2 Å². The van der Waals surface area contributed by atoms with E-state index in [9.17, 15) is 0 Å². The molecule has 0 saturated carbocycles. The van der Waals surface area contributed by atoms with Crippen LogP contribution in [0, 0.1) is 0 Å². The smallest absolute Gasteiger partial charge is 0.215 e. The number of nitrogens with one attached hydrogen (secondary N) is 1. The summed E-state index contributed by atoms with van der Waals surface area (Å²) in [6, 6.07) is 5.64. The Bertz CT molecular complexity index is 292. The van der Waals surface area contributed by atoms with E-state index in [1.54, 1.807) is 0 Å². The average Bonchev–Trinajstić information content (AvgIpc) is 2.34. The van der Waals surface area contributed by atoms with Gasteiger partial charge in [0.05, 0.1) is 6.61 Å². The molecule has 0 fully saturated rings. The molecule has 0 spiro atoms. The summed E-state index contributed by atoms with van der Waals surface area (Å²) in [7, 11) is 1.83. The van der Waals surface area contributed by atoms with E-state index in [0.29, 0.717) is 19.1 Å². The molecule has 90 valence electrons. The topological polar surface area (TPSA) is 43.4 Å². The van der Waals surface area contributed by atoms with E-state index < -0.39 is 0 Å². The second-order valence-corrected chi connectivity index (χ2v) is 3.43.